The van der Waals surface area contributed by atoms with Crippen molar-refractivity contribution >= 4 is 33.8 Å². The molecule has 2 aliphatic rings. The summed E-state index contributed by atoms with van der Waals surface area (Å²) in [5.41, 5.74) is 2.89. The highest BCUT2D eigenvalue weighted by atomic mass is 35.5. The molecule has 1 amide bonds. The lowest BCUT2D eigenvalue weighted by atomic mass is 9.93. The van der Waals surface area contributed by atoms with Gasteiger partial charge in [0.15, 0.2) is 6.61 Å². The number of imidazole rings is 1. The minimum Gasteiger partial charge on any atom is -0.482 e. The summed E-state index contributed by atoms with van der Waals surface area (Å²) in [6.45, 7) is 1.92. The zero-order valence-electron chi connectivity index (χ0n) is 18.8. The molecule has 2 aromatic carbocycles. The molecule has 1 saturated carbocycles. The van der Waals surface area contributed by atoms with E-state index in [1.165, 1.54) is 23.5 Å². The van der Waals surface area contributed by atoms with Gasteiger partial charge in [0.1, 0.15) is 28.4 Å². The number of fused-ring (bicyclic) bond motifs is 3. The number of nitrogens with zero attached hydrogens (tertiary/aromatic N) is 4. The molecule has 0 spiro atoms. The van der Waals surface area contributed by atoms with Crippen LogP contribution in [0.1, 0.15) is 52.3 Å². The van der Waals surface area contributed by atoms with Gasteiger partial charge in [-0.2, -0.15) is 5.10 Å². The summed E-state index contributed by atoms with van der Waals surface area (Å²) in [7, 11) is 0. The highest BCUT2D eigenvalue weighted by Gasteiger charge is 2.38. The lowest BCUT2D eigenvalue weighted by Crippen LogP contribution is -2.43. The number of hydrogen-bond acceptors (Lipinski definition) is 5. The van der Waals surface area contributed by atoms with Crippen LogP contribution < -0.4 is 4.74 Å². The highest BCUT2D eigenvalue weighted by Crippen LogP contribution is 2.43. The van der Waals surface area contributed by atoms with Crippen LogP contribution in [0.5, 0.6) is 5.75 Å². The first-order chi connectivity index (χ1) is 16.9. The van der Waals surface area contributed by atoms with Crippen molar-refractivity contribution in [1.29, 1.82) is 0 Å². The third kappa shape index (κ3) is 4.06. The van der Waals surface area contributed by atoms with Crippen molar-refractivity contribution in [2.45, 2.75) is 38.1 Å². The fourth-order valence-electron chi connectivity index (χ4n) is 4.70. The van der Waals surface area contributed by atoms with E-state index in [2.05, 4.69) is 5.10 Å². The topological polar surface area (TPSA) is 59.7 Å². The van der Waals surface area contributed by atoms with E-state index in [0.29, 0.717) is 30.1 Å². The van der Waals surface area contributed by atoms with Gasteiger partial charge >= 0.3 is 0 Å². The van der Waals surface area contributed by atoms with Crippen molar-refractivity contribution in [2.75, 3.05) is 13.2 Å². The minimum absolute atomic E-state index is 0.0763. The summed E-state index contributed by atoms with van der Waals surface area (Å²) in [5.74, 6) is -0.568. The number of ether oxygens (including phenoxy) is 1. The summed E-state index contributed by atoms with van der Waals surface area (Å²) in [4.78, 5) is 20.5. The van der Waals surface area contributed by atoms with Crippen molar-refractivity contribution < 1.29 is 18.3 Å². The second kappa shape index (κ2) is 8.57. The quantitative estimate of drug-likeness (QED) is 0.355. The highest BCUT2D eigenvalue weighted by molar-refractivity contribution is 7.16. The molecule has 4 aromatic rings. The second-order valence-electron chi connectivity index (χ2n) is 8.92. The number of aryl methyl sites for hydroxylation is 1. The first-order valence-corrected chi connectivity index (χ1v) is 12.6. The van der Waals surface area contributed by atoms with Crippen molar-refractivity contribution in [3.8, 4) is 5.75 Å². The van der Waals surface area contributed by atoms with Gasteiger partial charge in [-0.1, -0.05) is 35.1 Å². The van der Waals surface area contributed by atoms with Crippen LogP contribution in [0.4, 0.5) is 8.78 Å². The Hall–Kier alpha value is -3.04. The summed E-state index contributed by atoms with van der Waals surface area (Å²) in [5, 5.41) is 5.49. The summed E-state index contributed by atoms with van der Waals surface area (Å²) in [6.07, 6.45) is 2.66. The van der Waals surface area contributed by atoms with Gasteiger partial charge in [0.2, 0.25) is 4.96 Å². The van der Waals surface area contributed by atoms with Crippen molar-refractivity contribution in [3.05, 3.63) is 80.6 Å². The molecule has 180 valence electrons. The Morgan fingerprint density at radius 3 is 2.80 bits per heavy atom. The van der Waals surface area contributed by atoms with Crippen LogP contribution in [0.2, 0.25) is 5.02 Å². The molecule has 2 aromatic heterocycles. The molecule has 6 nitrogen and oxygen atoms in total. The predicted molar refractivity (Wildman–Crippen MR) is 128 cm³/mol. The average Bonchev–Trinajstić information content (AvgIpc) is 3.53. The Kier molecular flexibility index (Phi) is 5.49. The molecule has 6 rings (SSSR count). The largest absolute Gasteiger partial charge is 0.482 e. The molecular weight excluding hydrogens is 494 g/mol. The van der Waals surface area contributed by atoms with E-state index in [0.717, 1.165) is 40.1 Å². The molecule has 10 heteroatoms. The fraction of sp³-hybridized carbons (Fsp3) is 0.320. The Balaban J connectivity index is 1.38. The average molecular weight is 515 g/mol. The maximum absolute atomic E-state index is 15.5. The number of carbonyl (C=O) groups excluding carboxylic acids is 1. The zero-order valence-corrected chi connectivity index (χ0v) is 20.4. The first kappa shape index (κ1) is 22.4. The number of aromatic nitrogens is 3. The molecule has 0 radical (unpaired) electrons. The number of halogens is 3. The Morgan fingerprint density at radius 2 is 2.06 bits per heavy atom. The molecule has 3 heterocycles. The molecule has 0 bridgehead atoms. The number of rotatable bonds is 5. The van der Waals surface area contributed by atoms with E-state index in [1.54, 1.807) is 21.5 Å². The van der Waals surface area contributed by atoms with E-state index < -0.39 is 11.9 Å². The number of hydrogen-bond donors (Lipinski definition) is 0. The SMILES string of the molecule is Cc1nn2c3c(nc2s1)CCN(C(=O)COc1ccc(F)cc1Cl)C3c1ccc(C2CC2)cc1F. The smallest absolute Gasteiger partial charge is 0.261 e. The molecule has 1 atom stereocenters. The standard InChI is InChI=1S/C25H21ClF2N4O2S/c1-13-30-32-24-20(29-25(32)35-13)8-9-31(22(33)12-34-21-7-5-16(27)11-18(21)26)23(24)17-6-4-15(10-19(17)28)14-2-3-14/h4-7,10-11,14,23H,2-3,8-9,12H2,1H3. The van der Waals surface area contributed by atoms with Gasteiger partial charge in [-0.15, -0.1) is 0 Å². The molecule has 0 saturated heterocycles. The zero-order chi connectivity index (χ0) is 24.3. The molecule has 1 aliphatic heterocycles. The van der Waals surface area contributed by atoms with Gasteiger partial charge in [0.25, 0.3) is 5.91 Å². The van der Waals surface area contributed by atoms with Crippen LogP contribution in [-0.4, -0.2) is 38.6 Å². The van der Waals surface area contributed by atoms with Crippen LogP contribution >= 0.6 is 22.9 Å². The Bertz CT molecular complexity index is 1470. The molecule has 1 fully saturated rings. The molecule has 1 unspecified atom stereocenters. The maximum Gasteiger partial charge on any atom is 0.261 e. The molecule has 0 N–H and O–H groups in total. The lowest BCUT2D eigenvalue weighted by Gasteiger charge is -2.35. The van der Waals surface area contributed by atoms with E-state index >= 15 is 4.39 Å². The molecular formula is C25H21ClF2N4O2S. The van der Waals surface area contributed by atoms with Gasteiger partial charge in [0, 0.05) is 18.5 Å². The van der Waals surface area contributed by atoms with E-state index in [4.69, 9.17) is 21.3 Å². The van der Waals surface area contributed by atoms with Gasteiger partial charge in [0.05, 0.1) is 16.4 Å². The monoisotopic (exact) mass is 514 g/mol. The van der Waals surface area contributed by atoms with Crippen molar-refractivity contribution in [2.24, 2.45) is 0 Å². The molecule has 35 heavy (non-hydrogen) atoms. The number of benzene rings is 2. The van der Waals surface area contributed by atoms with E-state index in [-0.39, 0.29) is 29.1 Å². The Morgan fingerprint density at radius 1 is 1.23 bits per heavy atom. The third-order valence-corrected chi connectivity index (χ3v) is 7.63. The van der Waals surface area contributed by atoms with Crippen molar-refractivity contribution in [3.63, 3.8) is 0 Å². The van der Waals surface area contributed by atoms with Gasteiger partial charge < -0.3 is 9.64 Å². The fourth-order valence-corrected chi connectivity index (χ4v) is 5.69. The van der Waals surface area contributed by atoms with Crippen LogP contribution in [0.25, 0.3) is 4.96 Å². The van der Waals surface area contributed by atoms with E-state index in [1.807, 2.05) is 13.0 Å². The van der Waals surface area contributed by atoms with Gasteiger partial charge in [-0.25, -0.2) is 18.3 Å². The third-order valence-electron chi connectivity index (χ3n) is 6.51. The summed E-state index contributed by atoms with van der Waals surface area (Å²) >= 11 is 7.51. The summed E-state index contributed by atoms with van der Waals surface area (Å²) < 4.78 is 36.3. The van der Waals surface area contributed by atoms with Crippen LogP contribution in [0.3, 0.4) is 0 Å². The second-order valence-corrected chi connectivity index (χ2v) is 10.5. The van der Waals surface area contributed by atoms with Crippen LogP contribution in [0, 0.1) is 18.6 Å². The Labute approximate surface area is 209 Å². The van der Waals surface area contributed by atoms with E-state index in [9.17, 15) is 9.18 Å². The van der Waals surface area contributed by atoms with Gasteiger partial charge in [-0.05, 0) is 55.5 Å². The number of carbonyl (C=O) groups is 1. The normalized spacial score (nSPS) is 17.6. The maximum atomic E-state index is 15.5. The summed E-state index contributed by atoms with van der Waals surface area (Å²) in [6, 6.07) is 8.33. The molecule has 1 aliphatic carbocycles. The van der Waals surface area contributed by atoms with Crippen LogP contribution in [-0.2, 0) is 11.2 Å². The predicted octanol–water partition coefficient (Wildman–Crippen LogP) is 5.46. The van der Waals surface area contributed by atoms with Gasteiger partial charge in [-0.3, -0.25) is 4.79 Å². The lowest BCUT2D eigenvalue weighted by molar-refractivity contribution is -0.135. The number of amides is 1. The van der Waals surface area contributed by atoms with Crippen molar-refractivity contribution in [1.82, 2.24) is 19.5 Å². The minimum atomic E-state index is -0.705. The first-order valence-electron chi connectivity index (χ1n) is 11.4. The van der Waals surface area contributed by atoms with Crippen LogP contribution in [0.15, 0.2) is 36.4 Å².